The number of hydrogen-bond acceptors (Lipinski definition) is 5. The molecule has 1 aromatic rings. The zero-order chi connectivity index (χ0) is 14.6. The smallest absolute Gasteiger partial charge is 0.408 e. The van der Waals surface area contributed by atoms with Gasteiger partial charge in [0.25, 0.3) is 0 Å². The Kier molecular flexibility index (Phi) is 4.47. The summed E-state index contributed by atoms with van der Waals surface area (Å²) in [5.74, 6) is -1.04. The van der Waals surface area contributed by atoms with E-state index in [0.717, 1.165) is 0 Å². The van der Waals surface area contributed by atoms with Crippen LogP contribution in [0, 0.1) is 0 Å². The number of aliphatic carboxylic acids is 1. The highest BCUT2D eigenvalue weighted by molar-refractivity contribution is 5.71. The van der Waals surface area contributed by atoms with E-state index < -0.39 is 23.7 Å². The molecule has 8 heteroatoms. The van der Waals surface area contributed by atoms with E-state index in [1.807, 2.05) is 0 Å². The van der Waals surface area contributed by atoms with Gasteiger partial charge in [0.05, 0.1) is 24.4 Å². The summed E-state index contributed by atoms with van der Waals surface area (Å²) in [6, 6.07) is -0.743. The summed E-state index contributed by atoms with van der Waals surface area (Å²) < 4.78 is 6.50. The van der Waals surface area contributed by atoms with E-state index in [9.17, 15) is 9.59 Å². The third-order valence-corrected chi connectivity index (χ3v) is 2.18. The van der Waals surface area contributed by atoms with E-state index in [1.54, 1.807) is 27.8 Å². The van der Waals surface area contributed by atoms with Gasteiger partial charge in [0.2, 0.25) is 0 Å². The Bertz CT molecular complexity index is 464. The lowest BCUT2D eigenvalue weighted by Gasteiger charge is -2.22. The standard InChI is InChI=1S/C11H18N4O4/c1-11(2,3)19-10(18)13-7(5-9(16)17)8-6-12-14-15(8)4/h6-7H,5H2,1-4H3,(H,13,18)(H,16,17). The first-order valence-electron chi connectivity index (χ1n) is 5.75. The molecule has 0 aliphatic heterocycles. The van der Waals surface area contributed by atoms with Crippen molar-refractivity contribution in [1.82, 2.24) is 20.3 Å². The van der Waals surface area contributed by atoms with Gasteiger partial charge in [0, 0.05) is 7.05 Å². The first-order chi connectivity index (χ1) is 8.69. The van der Waals surface area contributed by atoms with Crippen molar-refractivity contribution in [2.24, 2.45) is 7.05 Å². The topological polar surface area (TPSA) is 106 Å². The first kappa shape index (κ1) is 14.9. The third-order valence-electron chi connectivity index (χ3n) is 2.18. The molecule has 8 nitrogen and oxygen atoms in total. The van der Waals surface area contributed by atoms with E-state index in [1.165, 1.54) is 10.9 Å². The molecule has 0 fully saturated rings. The number of carboxylic acid groups (broad SMARTS) is 1. The van der Waals surface area contributed by atoms with Crippen molar-refractivity contribution in [1.29, 1.82) is 0 Å². The van der Waals surface area contributed by atoms with E-state index in [-0.39, 0.29) is 6.42 Å². The van der Waals surface area contributed by atoms with Crippen molar-refractivity contribution in [2.45, 2.75) is 38.8 Å². The van der Waals surface area contributed by atoms with Crippen LogP contribution in [-0.4, -0.2) is 37.8 Å². The average Bonchev–Trinajstić information content (AvgIpc) is 2.59. The molecule has 0 saturated carbocycles. The van der Waals surface area contributed by atoms with Crippen molar-refractivity contribution < 1.29 is 19.4 Å². The van der Waals surface area contributed by atoms with E-state index >= 15 is 0 Å². The summed E-state index contributed by atoms with van der Waals surface area (Å²) in [5.41, 5.74) is -0.156. The van der Waals surface area contributed by atoms with Crippen LogP contribution >= 0.6 is 0 Å². The molecule has 106 valence electrons. The Balaban J connectivity index is 2.79. The third kappa shape index (κ3) is 4.94. The zero-order valence-corrected chi connectivity index (χ0v) is 11.4. The van der Waals surface area contributed by atoms with Gasteiger partial charge >= 0.3 is 12.1 Å². The van der Waals surface area contributed by atoms with Gasteiger partial charge in [-0.2, -0.15) is 0 Å². The molecule has 0 bridgehead atoms. The Labute approximate surface area is 110 Å². The van der Waals surface area contributed by atoms with Crippen LogP contribution in [-0.2, 0) is 16.6 Å². The molecule has 1 heterocycles. The number of rotatable bonds is 4. The Morgan fingerprint density at radius 1 is 1.53 bits per heavy atom. The molecular weight excluding hydrogens is 252 g/mol. The van der Waals surface area contributed by atoms with Crippen LogP contribution in [0.15, 0.2) is 6.20 Å². The second-order valence-electron chi connectivity index (χ2n) is 5.08. The van der Waals surface area contributed by atoms with Crippen LogP contribution in [0.5, 0.6) is 0 Å². The van der Waals surface area contributed by atoms with Gasteiger partial charge in [-0.1, -0.05) is 5.21 Å². The second-order valence-corrected chi connectivity index (χ2v) is 5.08. The van der Waals surface area contributed by atoms with Gasteiger partial charge in [0.15, 0.2) is 0 Å². The molecule has 1 atom stereocenters. The van der Waals surface area contributed by atoms with Crippen LogP contribution in [0.3, 0.4) is 0 Å². The molecule has 2 N–H and O–H groups in total. The van der Waals surface area contributed by atoms with Crippen molar-refractivity contribution in [3.63, 3.8) is 0 Å². The molecule has 0 aromatic carbocycles. The summed E-state index contributed by atoms with van der Waals surface area (Å²) in [6.07, 6.45) is 0.450. The summed E-state index contributed by atoms with van der Waals surface area (Å²) in [4.78, 5) is 22.5. The highest BCUT2D eigenvalue weighted by Gasteiger charge is 2.24. The van der Waals surface area contributed by atoms with Gasteiger partial charge in [-0.15, -0.1) is 5.10 Å². The summed E-state index contributed by atoms with van der Waals surface area (Å²) in [5, 5.41) is 18.8. The molecule has 1 unspecified atom stereocenters. The fourth-order valence-corrected chi connectivity index (χ4v) is 1.47. The van der Waals surface area contributed by atoms with E-state index in [2.05, 4.69) is 15.6 Å². The number of ether oxygens (including phenoxy) is 1. The van der Waals surface area contributed by atoms with Crippen molar-refractivity contribution in [3.8, 4) is 0 Å². The normalized spacial score (nSPS) is 12.8. The second kappa shape index (κ2) is 5.68. The van der Waals surface area contributed by atoms with E-state index in [4.69, 9.17) is 9.84 Å². The molecule has 1 rings (SSSR count). The van der Waals surface area contributed by atoms with Gasteiger partial charge in [-0.25, -0.2) is 4.79 Å². The van der Waals surface area contributed by atoms with Crippen LogP contribution in [0.4, 0.5) is 4.79 Å². The molecule has 1 aromatic heterocycles. The molecule has 0 aliphatic carbocycles. The number of carbonyl (C=O) groups excluding carboxylic acids is 1. The summed E-state index contributed by atoms with van der Waals surface area (Å²) in [6.45, 7) is 5.18. The molecule has 19 heavy (non-hydrogen) atoms. The highest BCUT2D eigenvalue weighted by Crippen LogP contribution is 2.16. The van der Waals surface area contributed by atoms with Gasteiger partial charge in [0.1, 0.15) is 5.60 Å². The number of amides is 1. The molecular formula is C11H18N4O4. The lowest BCUT2D eigenvalue weighted by Crippen LogP contribution is -2.36. The Hall–Kier alpha value is -2.12. The minimum absolute atomic E-state index is 0.277. The molecule has 0 radical (unpaired) electrons. The van der Waals surface area contributed by atoms with Crippen LogP contribution < -0.4 is 5.32 Å². The maximum atomic E-state index is 11.7. The highest BCUT2D eigenvalue weighted by atomic mass is 16.6. The van der Waals surface area contributed by atoms with Crippen LogP contribution in [0.2, 0.25) is 0 Å². The number of aromatic nitrogens is 3. The number of alkyl carbamates (subject to hydrolysis) is 1. The quantitative estimate of drug-likeness (QED) is 0.840. The maximum Gasteiger partial charge on any atom is 0.408 e. The minimum Gasteiger partial charge on any atom is -0.481 e. The number of aryl methyl sites for hydroxylation is 1. The van der Waals surface area contributed by atoms with Crippen LogP contribution in [0.25, 0.3) is 0 Å². The zero-order valence-electron chi connectivity index (χ0n) is 11.4. The average molecular weight is 270 g/mol. The molecule has 0 aliphatic rings. The SMILES string of the molecule is Cn1nncc1C(CC(=O)O)NC(=O)OC(C)(C)C. The van der Waals surface area contributed by atoms with Crippen molar-refractivity contribution in [3.05, 3.63) is 11.9 Å². The fraction of sp³-hybridized carbons (Fsp3) is 0.636. The van der Waals surface area contributed by atoms with Gasteiger partial charge in [-0.3, -0.25) is 9.48 Å². The first-order valence-corrected chi connectivity index (χ1v) is 5.75. The molecule has 0 saturated heterocycles. The van der Waals surface area contributed by atoms with Crippen molar-refractivity contribution in [2.75, 3.05) is 0 Å². The van der Waals surface area contributed by atoms with Crippen LogP contribution in [0.1, 0.15) is 38.9 Å². The number of nitrogens with one attached hydrogen (secondary N) is 1. The largest absolute Gasteiger partial charge is 0.481 e. The lowest BCUT2D eigenvalue weighted by molar-refractivity contribution is -0.137. The fourth-order valence-electron chi connectivity index (χ4n) is 1.47. The number of carbonyl (C=O) groups is 2. The van der Waals surface area contributed by atoms with Gasteiger partial charge < -0.3 is 15.2 Å². The molecule has 0 spiro atoms. The maximum absolute atomic E-state index is 11.7. The summed E-state index contributed by atoms with van der Waals surface area (Å²) in [7, 11) is 1.62. The number of nitrogens with zero attached hydrogens (tertiary/aromatic N) is 3. The lowest BCUT2D eigenvalue weighted by atomic mass is 10.1. The van der Waals surface area contributed by atoms with E-state index in [0.29, 0.717) is 5.69 Å². The number of carboxylic acids is 1. The Morgan fingerprint density at radius 3 is 2.58 bits per heavy atom. The van der Waals surface area contributed by atoms with Crippen molar-refractivity contribution >= 4 is 12.1 Å². The Morgan fingerprint density at radius 2 is 2.16 bits per heavy atom. The predicted molar refractivity (Wildman–Crippen MR) is 65.4 cm³/mol. The minimum atomic E-state index is -1.04. The number of hydrogen-bond donors (Lipinski definition) is 2. The predicted octanol–water partition coefficient (Wildman–Crippen LogP) is 0.856. The molecule has 1 amide bonds. The monoisotopic (exact) mass is 270 g/mol. The summed E-state index contributed by atoms with van der Waals surface area (Å²) >= 11 is 0. The van der Waals surface area contributed by atoms with Gasteiger partial charge in [-0.05, 0) is 20.8 Å².